The van der Waals surface area contributed by atoms with Crippen LogP contribution in [0, 0.1) is 11.3 Å². The molecule has 2 aliphatic rings. The molecule has 1 heteroatoms. The first-order chi connectivity index (χ1) is 6.37. The Bertz CT molecular complexity index is 147. The summed E-state index contributed by atoms with van der Waals surface area (Å²) in [6.07, 6.45) is 13.8. The monoisotopic (exact) mass is 292 g/mol. The Morgan fingerprint density at radius 2 is 1.62 bits per heavy atom. The maximum atomic E-state index is 2.57. The Morgan fingerprint density at radius 1 is 1.00 bits per heavy atom. The maximum Gasteiger partial charge on any atom is 0.0000658 e. The standard InChI is InChI=1S/C12H21I/c13-10-9-12-7-3-1-5-11(12)6-2-4-8-12/h11H,1-10H2. The fraction of sp³-hybridized carbons (Fsp3) is 1.00. The topological polar surface area (TPSA) is 0 Å². The van der Waals surface area contributed by atoms with Crippen molar-refractivity contribution in [3.63, 3.8) is 0 Å². The van der Waals surface area contributed by atoms with Crippen LogP contribution in [0.1, 0.15) is 57.8 Å². The first kappa shape index (κ1) is 10.3. The Labute approximate surface area is 96.0 Å². The van der Waals surface area contributed by atoms with Crippen molar-refractivity contribution in [2.75, 3.05) is 4.43 Å². The first-order valence-electron chi connectivity index (χ1n) is 5.93. The number of rotatable bonds is 2. The second-order valence-corrected chi connectivity index (χ2v) is 6.07. The van der Waals surface area contributed by atoms with Gasteiger partial charge in [0.2, 0.25) is 0 Å². The van der Waals surface area contributed by atoms with Crippen LogP contribution >= 0.6 is 22.6 Å². The van der Waals surface area contributed by atoms with E-state index in [4.69, 9.17) is 0 Å². The highest BCUT2D eigenvalue weighted by atomic mass is 127. The van der Waals surface area contributed by atoms with E-state index in [1.54, 1.807) is 25.7 Å². The van der Waals surface area contributed by atoms with Crippen LogP contribution in [0.15, 0.2) is 0 Å². The molecule has 0 heterocycles. The average molecular weight is 292 g/mol. The van der Waals surface area contributed by atoms with E-state index in [1.807, 2.05) is 0 Å². The van der Waals surface area contributed by atoms with Gasteiger partial charge in [0.25, 0.3) is 0 Å². The third kappa shape index (κ3) is 2.05. The fourth-order valence-electron chi connectivity index (χ4n) is 3.67. The van der Waals surface area contributed by atoms with Gasteiger partial charge in [-0.15, -0.1) is 0 Å². The van der Waals surface area contributed by atoms with Crippen molar-refractivity contribution in [2.24, 2.45) is 11.3 Å². The highest BCUT2D eigenvalue weighted by molar-refractivity contribution is 14.1. The predicted octanol–water partition coefficient (Wildman–Crippen LogP) is 4.56. The molecule has 2 saturated carbocycles. The molecule has 0 atom stereocenters. The van der Waals surface area contributed by atoms with E-state index in [-0.39, 0.29) is 0 Å². The van der Waals surface area contributed by atoms with Crippen molar-refractivity contribution in [1.29, 1.82) is 0 Å². The lowest BCUT2D eigenvalue weighted by Gasteiger charge is -2.47. The molecule has 0 saturated heterocycles. The minimum absolute atomic E-state index is 0.817. The van der Waals surface area contributed by atoms with E-state index >= 15 is 0 Å². The van der Waals surface area contributed by atoms with Crippen molar-refractivity contribution >= 4 is 22.6 Å². The number of alkyl halides is 1. The Morgan fingerprint density at radius 3 is 2.15 bits per heavy atom. The fourth-order valence-corrected chi connectivity index (χ4v) is 4.74. The van der Waals surface area contributed by atoms with Crippen LogP contribution in [-0.4, -0.2) is 4.43 Å². The van der Waals surface area contributed by atoms with Crippen molar-refractivity contribution in [3.05, 3.63) is 0 Å². The summed E-state index contributed by atoms with van der Waals surface area (Å²) in [4.78, 5) is 0. The molecule has 0 radical (unpaired) electrons. The van der Waals surface area contributed by atoms with E-state index in [0.29, 0.717) is 0 Å². The molecule has 0 aromatic carbocycles. The summed E-state index contributed by atoms with van der Waals surface area (Å²) in [6.45, 7) is 0. The van der Waals surface area contributed by atoms with Gasteiger partial charge in [0.15, 0.2) is 0 Å². The lowest BCUT2D eigenvalue weighted by atomic mass is 9.58. The van der Waals surface area contributed by atoms with E-state index in [9.17, 15) is 0 Å². The van der Waals surface area contributed by atoms with Crippen LogP contribution in [0.2, 0.25) is 0 Å². The third-order valence-corrected chi connectivity index (χ3v) is 4.95. The SMILES string of the molecule is ICCC12CCCCC1CCCC2. The van der Waals surface area contributed by atoms with Gasteiger partial charge < -0.3 is 0 Å². The van der Waals surface area contributed by atoms with Crippen LogP contribution in [0.25, 0.3) is 0 Å². The summed E-state index contributed by atoms with van der Waals surface area (Å²) in [5, 5.41) is 0. The average Bonchev–Trinajstić information content (AvgIpc) is 2.18. The zero-order valence-corrected chi connectivity index (χ0v) is 10.7. The van der Waals surface area contributed by atoms with Gasteiger partial charge in [-0.25, -0.2) is 0 Å². The summed E-state index contributed by atoms with van der Waals surface area (Å²) in [5.74, 6) is 1.12. The van der Waals surface area contributed by atoms with Gasteiger partial charge in [0.1, 0.15) is 0 Å². The van der Waals surface area contributed by atoms with Crippen molar-refractivity contribution in [3.8, 4) is 0 Å². The van der Waals surface area contributed by atoms with Gasteiger partial charge in [-0.05, 0) is 43.4 Å². The van der Waals surface area contributed by atoms with E-state index < -0.39 is 0 Å². The van der Waals surface area contributed by atoms with Gasteiger partial charge in [0, 0.05) is 4.43 Å². The molecule has 0 nitrogen and oxygen atoms in total. The Hall–Kier alpha value is 0.730. The molecule has 2 rings (SSSR count). The van der Waals surface area contributed by atoms with Crippen LogP contribution in [-0.2, 0) is 0 Å². The van der Waals surface area contributed by atoms with Gasteiger partial charge in [-0.1, -0.05) is 48.3 Å². The van der Waals surface area contributed by atoms with E-state index in [2.05, 4.69) is 22.6 Å². The largest absolute Gasteiger partial charge is 0.0864 e. The summed E-state index contributed by atoms with van der Waals surface area (Å²) in [5.41, 5.74) is 0.817. The van der Waals surface area contributed by atoms with Crippen molar-refractivity contribution in [1.82, 2.24) is 0 Å². The molecule has 0 unspecified atom stereocenters. The van der Waals surface area contributed by atoms with Gasteiger partial charge in [0.05, 0.1) is 0 Å². The van der Waals surface area contributed by atoms with Crippen LogP contribution in [0.4, 0.5) is 0 Å². The smallest absolute Gasteiger partial charge is 0.0000658 e. The van der Waals surface area contributed by atoms with E-state index in [1.165, 1.54) is 36.5 Å². The normalized spacial score (nSPS) is 39.9. The van der Waals surface area contributed by atoms with Crippen molar-refractivity contribution < 1.29 is 0 Å². The van der Waals surface area contributed by atoms with Crippen LogP contribution in [0.5, 0.6) is 0 Å². The molecule has 2 aliphatic carbocycles. The predicted molar refractivity (Wildman–Crippen MR) is 66.4 cm³/mol. The molecule has 0 amide bonds. The molecule has 76 valence electrons. The second-order valence-electron chi connectivity index (χ2n) is 4.99. The third-order valence-electron chi connectivity index (χ3n) is 4.41. The molecule has 2 fully saturated rings. The Balaban J connectivity index is 2.06. The first-order valence-corrected chi connectivity index (χ1v) is 7.46. The molecular formula is C12H21I. The number of halogens is 1. The molecule has 0 N–H and O–H groups in total. The molecule has 0 spiro atoms. The van der Waals surface area contributed by atoms with Crippen LogP contribution in [0.3, 0.4) is 0 Å². The zero-order valence-electron chi connectivity index (χ0n) is 8.53. The number of hydrogen-bond acceptors (Lipinski definition) is 0. The summed E-state index contributed by atoms with van der Waals surface area (Å²) < 4.78 is 1.38. The molecule has 0 aromatic heterocycles. The lowest BCUT2D eigenvalue weighted by molar-refractivity contribution is 0.0431. The lowest BCUT2D eigenvalue weighted by Crippen LogP contribution is -2.36. The second kappa shape index (κ2) is 4.50. The van der Waals surface area contributed by atoms with Gasteiger partial charge >= 0.3 is 0 Å². The summed E-state index contributed by atoms with van der Waals surface area (Å²) >= 11 is 2.57. The molecule has 0 bridgehead atoms. The van der Waals surface area contributed by atoms with Gasteiger partial charge in [-0.3, -0.25) is 0 Å². The van der Waals surface area contributed by atoms with Gasteiger partial charge in [-0.2, -0.15) is 0 Å². The molecule has 0 aromatic rings. The molecule has 13 heavy (non-hydrogen) atoms. The van der Waals surface area contributed by atoms with Crippen molar-refractivity contribution in [2.45, 2.75) is 57.8 Å². The summed E-state index contributed by atoms with van der Waals surface area (Å²) in [7, 11) is 0. The molecular weight excluding hydrogens is 271 g/mol. The zero-order chi connectivity index (χ0) is 9.15. The quantitative estimate of drug-likeness (QED) is 0.517. The van der Waals surface area contributed by atoms with E-state index in [0.717, 1.165) is 11.3 Å². The highest BCUT2D eigenvalue weighted by Gasteiger charge is 2.40. The Kier molecular flexibility index (Phi) is 3.55. The summed E-state index contributed by atoms with van der Waals surface area (Å²) in [6, 6.07) is 0. The highest BCUT2D eigenvalue weighted by Crippen LogP contribution is 2.52. The number of hydrogen-bond donors (Lipinski definition) is 0. The minimum Gasteiger partial charge on any atom is -0.0864 e. The maximum absolute atomic E-state index is 2.57. The molecule has 0 aliphatic heterocycles. The van der Waals surface area contributed by atoms with Crippen LogP contribution < -0.4 is 0 Å². The minimum atomic E-state index is 0.817. The number of fused-ring (bicyclic) bond motifs is 1.